The van der Waals surface area contributed by atoms with Crippen LogP contribution in [0.3, 0.4) is 0 Å². The molecule has 1 aromatic rings. The number of thiazole rings is 1. The zero-order valence-electron chi connectivity index (χ0n) is 11.6. The van der Waals surface area contributed by atoms with E-state index < -0.39 is 0 Å². The Labute approximate surface area is 114 Å². The molecule has 1 saturated heterocycles. The molecule has 0 bridgehead atoms. The molecule has 2 rings (SSSR count). The van der Waals surface area contributed by atoms with Crippen LogP contribution >= 0.6 is 11.3 Å². The van der Waals surface area contributed by atoms with Crippen molar-refractivity contribution < 1.29 is 5.11 Å². The normalized spacial score (nSPS) is 22.0. The van der Waals surface area contributed by atoms with E-state index in [9.17, 15) is 5.11 Å². The molecule has 2 atom stereocenters. The maximum atomic E-state index is 10.6. The smallest absolute Gasteiger partial charge is 0.0954 e. The Hall–Kier alpha value is -0.450. The molecule has 2 unspecified atom stereocenters. The highest BCUT2D eigenvalue weighted by atomic mass is 32.1. The van der Waals surface area contributed by atoms with Gasteiger partial charge in [0.1, 0.15) is 0 Å². The van der Waals surface area contributed by atoms with E-state index in [1.54, 1.807) is 11.3 Å². The molecule has 3 nitrogen and oxygen atoms in total. The molecule has 0 aromatic carbocycles. The molecule has 0 radical (unpaired) electrons. The van der Waals surface area contributed by atoms with Crippen molar-refractivity contribution in [3.63, 3.8) is 0 Å². The van der Waals surface area contributed by atoms with Gasteiger partial charge in [-0.1, -0.05) is 6.92 Å². The summed E-state index contributed by atoms with van der Waals surface area (Å²) in [6.45, 7) is 8.63. The molecule has 0 aliphatic carbocycles. The Balaban J connectivity index is 2.06. The van der Waals surface area contributed by atoms with E-state index in [1.807, 2.05) is 6.92 Å². The van der Waals surface area contributed by atoms with Crippen LogP contribution in [0.25, 0.3) is 0 Å². The van der Waals surface area contributed by atoms with Crippen molar-refractivity contribution in [1.82, 2.24) is 9.88 Å². The molecule has 1 aromatic heterocycles. The average Bonchev–Trinajstić information content (AvgIpc) is 2.99. The molecule has 18 heavy (non-hydrogen) atoms. The summed E-state index contributed by atoms with van der Waals surface area (Å²) < 4.78 is 0. The van der Waals surface area contributed by atoms with Crippen molar-refractivity contribution in [3.8, 4) is 0 Å². The van der Waals surface area contributed by atoms with Gasteiger partial charge in [-0.25, -0.2) is 4.98 Å². The summed E-state index contributed by atoms with van der Waals surface area (Å²) in [6.07, 6.45) is 3.86. The topological polar surface area (TPSA) is 36.4 Å². The van der Waals surface area contributed by atoms with Crippen LogP contribution in [-0.4, -0.2) is 39.7 Å². The van der Waals surface area contributed by atoms with Crippen LogP contribution in [0.1, 0.15) is 43.8 Å². The third-order valence-electron chi connectivity index (χ3n) is 4.30. The first-order valence-electron chi connectivity index (χ1n) is 6.90. The molecule has 1 N–H and O–H groups in total. The van der Waals surface area contributed by atoms with Gasteiger partial charge in [0, 0.05) is 23.0 Å². The fraction of sp³-hybridized carbons (Fsp3) is 0.786. The molecule has 0 amide bonds. The maximum Gasteiger partial charge on any atom is 0.0954 e. The number of aryl methyl sites for hydroxylation is 1. The lowest BCUT2D eigenvalue weighted by Crippen LogP contribution is -2.53. The van der Waals surface area contributed by atoms with Gasteiger partial charge in [0.25, 0.3) is 0 Å². The van der Waals surface area contributed by atoms with E-state index in [2.05, 4.69) is 29.1 Å². The maximum absolute atomic E-state index is 10.6. The van der Waals surface area contributed by atoms with E-state index >= 15 is 0 Å². The van der Waals surface area contributed by atoms with Crippen LogP contribution in [0.4, 0.5) is 0 Å². The minimum Gasteiger partial charge on any atom is -0.391 e. The number of aromatic nitrogens is 1. The number of rotatable bonds is 5. The van der Waals surface area contributed by atoms with Crippen LogP contribution in [-0.2, 0) is 6.42 Å². The van der Waals surface area contributed by atoms with Gasteiger partial charge in [-0.2, -0.15) is 0 Å². The second-order valence-electron chi connectivity index (χ2n) is 5.51. The fourth-order valence-electron chi connectivity index (χ4n) is 2.78. The zero-order valence-corrected chi connectivity index (χ0v) is 12.5. The average molecular weight is 268 g/mol. The number of hydrogen-bond acceptors (Lipinski definition) is 4. The standard InChI is InChI=1S/C14H24N2OS/c1-4-14(3,16-7-5-6-8-16)12(17)9-13-15-11(2)10-18-13/h10,12,17H,4-9H2,1-3H3. The van der Waals surface area contributed by atoms with Crippen LogP contribution < -0.4 is 0 Å². The Morgan fingerprint density at radius 1 is 1.50 bits per heavy atom. The van der Waals surface area contributed by atoms with E-state index in [4.69, 9.17) is 0 Å². The van der Waals surface area contributed by atoms with Crippen molar-refractivity contribution in [2.45, 2.75) is 58.1 Å². The second kappa shape index (κ2) is 5.68. The first-order chi connectivity index (χ1) is 8.56. The molecule has 102 valence electrons. The molecule has 4 heteroatoms. The highest BCUT2D eigenvalue weighted by molar-refractivity contribution is 7.09. The molecular weight excluding hydrogens is 244 g/mol. The Morgan fingerprint density at radius 3 is 2.67 bits per heavy atom. The molecular formula is C14H24N2OS. The molecule has 0 saturated carbocycles. The predicted octanol–water partition coefficient (Wildman–Crippen LogP) is 2.62. The highest BCUT2D eigenvalue weighted by Crippen LogP contribution is 2.30. The van der Waals surface area contributed by atoms with Gasteiger partial charge in [-0.15, -0.1) is 11.3 Å². The highest BCUT2D eigenvalue weighted by Gasteiger charge is 2.38. The largest absolute Gasteiger partial charge is 0.391 e. The van der Waals surface area contributed by atoms with Gasteiger partial charge in [0.2, 0.25) is 0 Å². The summed E-state index contributed by atoms with van der Waals surface area (Å²) in [4.78, 5) is 6.92. The summed E-state index contributed by atoms with van der Waals surface area (Å²) in [5.74, 6) is 0. The van der Waals surface area contributed by atoms with Gasteiger partial charge in [0.15, 0.2) is 0 Å². The van der Waals surface area contributed by atoms with Crippen molar-refractivity contribution in [2.75, 3.05) is 13.1 Å². The SMILES string of the molecule is CCC(C)(C(O)Cc1nc(C)cs1)N1CCCC1. The summed E-state index contributed by atoms with van der Waals surface area (Å²) in [6, 6.07) is 0. The third-order valence-corrected chi connectivity index (χ3v) is 5.29. The first kappa shape index (κ1) is 14.0. The zero-order chi connectivity index (χ0) is 13.2. The predicted molar refractivity (Wildman–Crippen MR) is 76.1 cm³/mol. The Bertz CT molecular complexity index is 387. The fourth-order valence-corrected chi connectivity index (χ4v) is 3.59. The van der Waals surface area contributed by atoms with Gasteiger partial charge in [0.05, 0.1) is 11.1 Å². The van der Waals surface area contributed by atoms with Crippen molar-refractivity contribution >= 4 is 11.3 Å². The van der Waals surface area contributed by atoms with Crippen molar-refractivity contribution in [2.24, 2.45) is 0 Å². The molecule has 1 aliphatic rings. The summed E-state index contributed by atoms with van der Waals surface area (Å²) in [5.41, 5.74) is 0.956. The van der Waals surface area contributed by atoms with Crippen molar-refractivity contribution in [3.05, 3.63) is 16.1 Å². The van der Waals surface area contributed by atoms with Crippen LogP contribution in [0.5, 0.6) is 0 Å². The lowest BCUT2D eigenvalue weighted by atomic mass is 9.88. The van der Waals surface area contributed by atoms with Crippen LogP contribution in [0.15, 0.2) is 5.38 Å². The molecule has 2 heterocycles. The van der Waals surface area contributed by atoms with E-state index in [0.29, 0.717) is 6.42 Å². The number of aliphatic hydroxyl groups is 1. The number of hydrogen-bond donors (Lipinski definition) is 1. The molecule has 0 spiro atoms. The number of aliphatic hydroxyl groups excluding tert-OH is 1. The van der Waals surface area contributed by atoms with Crippen molar-refractivity contribution in [1.29, 1.82) is 0 Å². The van der Waals surface area contributed by atoms with Gasteiger partial charge < -0.3 is 5.11 Å². The minimum absolute atomic E-state index is 0.101. The summed E-state index contributed by atoms with van der Waals surface area (Å²) in [5, 5.41) is 13.7. The van der Waals surface area contributed by atoms with Gasteiger partial charge in [-0.3, -0.25) is 4.90 Å². The monoisotopic (exact) mass is 268 g/mol. The van der Waals surface area contributed by atoms with Crippen LogP contribution in [0.2, 0.25) is 0 Å². The number of likely N-dealkylation sites (tertiary alicyclic amines) is 1. The van der Waals surface area contributed by atoms with Gasteiger partial charge >= 0.3 is 0 Å². The lowest BCUT2D eigenvalue weighted by Gasteiger charge is -2.41. The van der Waals surface area contributed by atoms with Crippen LogP contribution in [0, 0.1) is 6.92 Å². The van der Waals surface area contributed by atoms with Gasteiger partial charge in [-0.05, 0) is 46.2 Å². The quantitative estimate of drug-likeness (QED) is 0.892. The van der Waals surface area contributed by atoms with E-state index in [0.717, 1.165) is 30.2 Å². The summed E-state index contributed by atoms with van der Waals surface area (Å²) in [7, 11) is 0. The number of nitrogens with zero attached hydrogens (tertiary/aromatic N) is 2. The second-order valence-corrected chi connectivity index (χ2v) is 6.45. The minimum atomic E-state index is -0.328. The Morgan fingerprint density at radius 2 is 2.17 bits per heavy atom. The van der Waals surface area contributed by atoms with E-state index in [1.165, 1.54) is 12.8 Å². The lowest BCUT2D eigenvalue weighted by molar-refractivity contribution is -0.0117. The molecule has 1 aliphatic heterocycles. The first-order valence-corrected chi connectivity index (χ1v) is 7.78. The Kier molecular flexibility index (Phi) is 4.41. The van der Waals surface area contributed by atoms with E-state index in [-0.39, 0.29) is 11.6 Å². The molecule has 1 fully saturated rings. The third kappa shape index (κ3) is 2.76. The summed E-state index contributed by atoms with van der Waals surface area (Å²) >= 11 is 1.66.